The normalized spacial score (nSPS) is 20.8. The monoisotopic (exact) mass is 441 g/mol. The highest BCUT2D eigenvalue weighted by Gasteiger charge is 2.25. The molecule has 0 aliphatic heterocycles. The van der Waals surface area contributed by atoms with Gasteiger partial charge in [0, 0.05) is 24.6 Å². The van der Waals surface area contributed by atoms with Crippen LogP contribution < -0.4 is 4.90 Å². The van der Waals surface area contributed by atoms with Gasteiger partial charge in [-0.1, -0.05) is 88.4 Å². The Bertz CT molecular complexity index is 828. The molecule has 2 fully saturated rings. The quantitative estimate of drug-likeness (QED) is 0.492. The summed E-state index contributed by atoms with van der Waals surface area (Å²) in [5.41, 5.74) is 2.16. The van der Waals surface area contributed by atoms with E-state index in [-0.39, 0.29) is 11.8 Å². The van der Waals surface area contributed by atoms with Crippen molar-refractivity contribution in [2.45, 2.75) is 109 Å². The van der Waals surface area contributed by atoms with Crippen molar-refractivity contribution >= 4 is 32.6 Å². The van der Waals surface area contributed by atoms with E-state index in [0.717, 1.165) is 23.5 Å². The number of pyridine rings is 1. The summed E-state index contributed by atoms with van der Waals surface area (Å²) >= 11 is 1.66. The lowest BCUT2D eigenvalue weighted by Crippen LogP contribution is -2.32. The number of nitrogens with zero attached hydrogens (tertiary/aromatic N) is 3. The molecule has 0 bridgehead atoms. The number of thiazole rings is 1. The third kappa shape index (κ3) is 6.06. The SMILES string of the molecule is CN(C(=O)C1CCCCCCCC1)c1nc2cnc(C3CCCCCCCC3)cc2s1. The Kier molecular flexibility index (Phi) is 8.34. The Balaban J connectivity index is 1.48. The van der Waals surface area contributed by atoms with E-state index in [9.17, 15) is 4.79 Å². The highest BCUT2D eigenvalue weighted by molar-refractivity contribution is 7.22. The van der Waals surface area contributed by atoms with Gasteiger partial charge in [0.1, 0.15) is 5.52 Å². The zero-order valence-corrected chi connectivity index (χ0v) is 20.1. The summed E-state index contributed by atoms with van der Waals surface area (Å²) in [7, 11) is 1.92. The third-order valence-electron chi connectivity index (χ3n) is 7.38. The summed E-state index contributed by atoms with van der Waals surface area (Å²) in [5.74, 6) is 0.985. The second-order valence-electron chi connectivity index (χ2n) is 9.76. The number of hydrogen-bond acceptors (Lipinski definition) is 4. The third-order valence-corrected chi connectivity index (χ3v) is 8.47. The number of anilines is 1. The van der Waals surface area contributed by atoms with Crippen LogP contribution in [0.4, 0.5) is 5.13 Å². The van der Waals surface area contributed by atoms with Crippen LogP contribution in [0, 0.1) is 5.92 Å². The van der Waals surface area contributed by atoms with Crippen molar-refractivity contribution in [1.29, 1.82) is 0 Å². The van der Waals surface area contributed by atoms with Gasteiger partial charge in [0.05, 0.1) is 10.9 Å². The maximum absolute atomic E-state index is 13.2. The van der Waals surface area contributed by atoms with Crippen LogP contribution in [0.3, 0.4) is 0 Å². The van der Waals surface area contributed by atoms with Crippen LogP contribution in [0.5, 0.6) is 0 Å². The number of aromatic nitrogens is 2. The van der Waals surface area contributed by atoms with Crippen molar-refractivity contribution in [1.82, 2.24) is 9.97 Å². The van der Waals surface area contributed by atoms with Gasteiger partial charge < -0.3 is 0 Å². The number of hydrogen-bond donors (Lipinski definition) is 0. The molecule has 0 N–H and O–H groups in total. The van der Waals surface area contributed by atoms with Crippen LogP contribution in [0.25, 0.3) is 10.2 Å². The molecule has 2 aliphatic carbocycles. The predicted molar refractivity (Wildman–Crippen MR) is 131 cm³/mol. The summed E-state index contributed by atoms with van der Waals surface area (Å²) in [4.78, 5) is 24.7. The number of carbonyl (C=O) groups is 1. The molecule has 2 saturated carbocycles. The van der Waals surface area contributed by atoms with Crippen molar-refractivity contribution in [3.63, 3.8) is 0 Å². The first-order valence-corrected chi connectivity index (χ1v) is 13.6. The molecule has 0 radical (unpaired) electrons. The van der Waals surface area contributed by atoms with Crippen molar-refractivity contribution in [2.24, 2.45) is 5.92 Å². The van der Waals surface area contributed by atoms with E-state index in [1.54, 1.807) is 11.3 Å². The fourth-order valence-corrected chi connectivity index (χ4v) is 6.33. The van der Waals surface area contributed by atoms with Gasteiger partial charge in [-0.25, -0.2) is 4.98 Å². The Morgan fingerprint density at radius 1 is 0.871 bits per heavy atom. The van der Waals surface area contributed by atoms with E-state index in [1.807, 2.05) is 18.1 Å². The largest absolute Gasteiger partial charge is 0.291 e. The Labute approximate surface area is 191 Å². The average molecular weight is 442 g/mol. The molecule has 2 heterocycles. The highest BCUT2D eigenvalue weighted by Crippen LogP contribution is 2.35. The van der Waals surface area contributed by atoms with Crippen LogP contribution in [0.1, 0.15) is 114 Å². The smallest absolute Gasteiger partial charge is 0.231 e. The molecule has 2 aromatic heterocycles. The number of fused-ring (bicyclic) bond motifs is 1. The second-order valence-corrected chi connectivity index (χ2v) is 10.8. The van der Waals surface area contributed by atoms with Gasteiger partial charge in [-0.2, -0.15) is 0 Å². The van der Waals surface area contributed by atoms with Crippen LogP contribution >= 0.6 is 11.3 Å². The molecule has 2 aliphatic rings. The minimum absolute atomic E-state index is 0.155. The molecule has 4 rings (SSSR count). The molecule has 5 heteroatoms. The first-order chi connectivity index (χ1) is 15.2. The summed E-state index contributed by atoms with van der Waals surface area (Å²) in [5, 5.41) is 0.827. The van der Waals surface area contributed by atoms with Crippen molar-refractivity contribution in [3.8, 4) is 0 Å². The van der Waals surface area contributed by atoms with Crippen molar-refractivity contribution < 1.29 is 4.79 Å². The van der Waals surface area contributed by atoms with Crippen molar-refractivity contribution in [3.05, 3.63) is 18.0 Å². The predicted octanol–water partition coefficient (Wildman–Crippen LogP) is 7.62. The lowest BCUT2D eigenvalue weighted by molar-refractivity contribution is -0.122. The number of carbonyl (C=O) groups excluding carboxylic acids is 1. The van der Waals surface area contributed by atoms with E-state index in [4.69, 9.17) is 9.97 Å². The molecule has 0 atom stereocenters. The van der Waals surface area contributed by atoms with Gasteiger partial charge in [0.15, 0.2) is 5.13 Å². The molecular formula is C26H39N3OS. The summed E-state index contributed by atoms with van der Waals surface area (Å²) in [6.45, 7) is 0. The maximum Gasteiger partial charge on any atom is 0.231 e. The zero-order valence-electron chi connectivity index (χ0n) is 19.3. The van der Waals surface area contributed by atoms with E-state index >= 15 is 0 Å². The summed E-state index contributed by atoms with van der Waals surface area (Å²) in [6, 6.07) is 2.26. The average Bonchev–Trinajstić information content (AvgIpc) is 3.30. The molecule has 4 nitrogen and oxygen atoms in total. The first-order valence-electron chi connectivity index (χ1n) is 12.8. The lowest BCUT2D eigenvalue weighted by Gasteiger charge is -2.21. The topological polar surface area (TPSA) is 46.1 Å². The Morgan fingerprint density at radius 2 is 1.42 bits per heavy atom. The molecule has 0 saturated heterocycles. The van der Waals surface area contributed by atoms with Gasteiger partial charge in [0.25, 0.3) is 0 Å². The van der Waals surface area contributed by atoms with E-state index in [1.165, 1.54) is 100 Å². The Morgan fingerprint density at radius 3 is 2.03 bits per heavy atom. The van der Waals surface area contributed by atoms with Gasteiger partial charge in [-0.3, -0.25) is 14.7 Å². The minimum Gasteiger partial charge on any atom is -0.291 e. The molecule has 0 unspecified atom stereocenters. The van der Waals surface area contributed by atoms with Crippen LogP contribution in [-0.2, 0) is 4.79 Å². The molecular weight excluding hydrogens is 402 g/mol. The van der Waals surface area contributed by atoms with Gasteiger partial charge >= 0.3 is 0 Å². The zero-order chi connectivity index (χ0) is 21.5. The molecule has 31 heavy (non-hydrogen) atoms. The molecule has 0 aromatic carbocycles. The highest BCUT2D eigenvalue weighted by atomic mass is 32.1. The fourth-order valence-electron chi connectivity index (χ4n) is 5.38. The second kappa shape index (κ2) is 11.4. The standard InChI is InChI=1S/C26H39N3OS/c1-29(25(30)21-16-12-8-4-5-9-13-17-21)26-28-23-19-27-22(18-24(23)31-26)20-14-10-6-2-3-7-11-15-20/h18-21H,2-17H2,1H3. The first kappa shape index (κ1) is 22.7. The van der Waals surface area contributed by atoms with Crippen molar-refractivity contribution in [2.75, 3.05) is 11.9 Å². The van der Waals surface area contributed by atoms with Gasteiger partial charge in [0.2, 0.25) is 5.91 Å². The lowest BCUT2D eigenvalue weighted by atomic mass is 9.93. The number of amides is 1. The summed E-state index contributed by atoms with van der Waals surface area (Å²) < 4.78 is 1.17. The maximum atomic E-state index is 13.2. The molecule has 2 aromatic rings. The van der Waals surface area contributed by atoms with Crippen LogP contribution in [0.15, 0.2) is 12.3 Å². The molecule has 1 amide bonds. The van der Waals surface area contributed by atoms with Gasteiger partial charge in [-0.15, -0.1) is 0 Å². The van der Waals surface area contributed by atoms with Gasteiger partial charge in [-0.05, 0) is 31.7 Å². The van der Waals surface area contributed by atoms with E-state index in [0.29, 0.717) is 5.92 Å². The molecule has 170 valence electrons. The van der Waals surface area contributed by atoms with Crippen LogP contribution in [0.2, 0.25) is 0 Å². The fraction of sp³-hybridized carbons (Fsp3) is 0.731. The minimum atomic E-state index is 0.155. The van der Waals surface area contributed by atoms with Crippen LogP contribution in [-0.4, -0.2) is 22.9 Å². The Hall–Kier alpha value is -1.49. The van der Waals surface area contributed by atoms with E-state index in [2.05, 4.69) is 6.07 Å². The molecule has 0 spiro atoms. The van der Waals surface area contributed by atoms with E-state index < -0.39 is 0 Å². The summed E-state index contributed by atoms with van der Waals surface area (Å²) in [6.07, 6.45) is 22.2. The number of rotatable bonds is 3.